The molecule has 2 aromatic heterocycles. The summed E-state index contributed by atoms with van der Waals surface area (Å²) in [6.45, 7) is 5.70. The van der Waals surface area contributed by atoms with E-state index in [1.54, 1.807) is 18.3 Å². The fraction of sp³-hybridized carbons (Fsp3) is 0.235. The lowest BCUT2D eigenvalue weighted by atomic mass is 10.1. The highest BCUT2D eigenvalue weighted by Gasteiger charge is 2.22. The topological polar surface area (TPSA) is 42.9 Å². The van der Waals surface area contributed by atoms with E-state index >= 15 is 0 Å². The summed E-state index contributed by atoms with van der Waals surface area (Å²) in [5, 5.41) is 1.08. The predicted molar refractivity (Wildman–Crippen MR) is 92.9 cm³/mol. The summed E-state index contributed by atoms with van der Waals surface area (Å²) in [7, 11) is 0. The molecule has 3 nitrogen and oxygen atoms in total. The second kappa shape index (κ2) is 6.57. The first kappa shape index (κ1) is 17.0. The molecule has 7 heteroatoms. The van der Waals surface area contributed by atoms with Crippen molar-refractivity contribution in [1.82, 2.24) is 9.97 Å². The molecule has 24 heavy (non-hydrogen) atoms. The van der Waals surface area contributed by atoms with Crippen LogP contribution in [0.5, 0.6) is 0 Å². The number of Topliss-reactive ketones (excluding diaryl/α,β-unsaturated/α-hetero) is 1. The standard InChI is InChI=1S/C17H14F2N2OS2/c1-8-9(2)23-16-14(8)17(21-7-20-16)24-10(3)15(22)12-5-4-11(18)6-13(12)19/h4-7,10H,1-3H3. The average molecular weight is 364 g/mol. The highest BCUT2D eigenvalue weighted by atomic mass is 32.2. The Morgan fingerprint density at radius 1 is 1.25 bits per heavy atom. The van der Waals surface area contributed by atoms with Gasteiger partial charge >= 0.3 is 0 Å². The monoisotopic (exact) mass is 364 g/mol. The number of carbonyl (C=O) groups excluding carboxylic acids is 1. The third kappa shape index (κ3) is 3.06. The Bertz CT molecular complexity index is 940. The van der Waals surface area contributed by atoms with Crippen molar-refractivity contribution < 1.29 is 13.6 Å². The van der Waals surface area contributed by atoms with Gasteiger partial charge in [-0.2, -0.15) is 0 Å². The summed E-state index contributed by atoms with van der Waals surface area (Å²) in [5.74, 6) is -1.94. The molecule has 0 saturated carbocycles. The lowest BCUT2D eigenvalue weighted by molar-refractivity contribution is 0.0990. The fourth-order valence-corrected chi connectivity index (χ4v) is 4.47. The SMILES string of the molecule is Cc1sc2ncnc(SC(C)C(=O)c3ccc(F)cc3F)c2c1C. The van der Waals surface area contributed by atoms with Gasteiger partial charge < -0.3 is 0 Å². The molecule has 2 heterocycles. The van der Waals surface area contributed by atoms with E-state index in [0.717, 1.165) is 32.8 Å². The summed E-state index contributed by atoms with van der Waals surface area (Å²) in [6, 6.07) is 2.99. The molecule has 3 aromatic rings. The van der Waals surface area contributed by atoms with E-state index < -0.39 is 22.7 Å². The Hall–Kier alpha value is -1.86. The zero-order chi connectivity index (χ0) is 17.4. The summed E-state index contributed by atoms with van der Waals surface area (Å²) >= 11 is 2.84. The van der Waals surface area contributed by atoms with Crippen LogP contribution in [0.2, 0.25) is 0 Å². The van der Waals surface area contributed by atoms with Crippen molar-refractivity contribution in [3.05, 3.63) is 52.2 Å². The Labute approximate surface area is 146 Å². The molecule has 1 unspecified atom stereocenters. The van der Waals surface area contributed by atoms with Gasteiger partial charge in [0, 0.05) is 16.3 Å². The largest absolute Gasteiger partial charge is 0.293 e. The van der Waals surface area contributed by atoms with Crippen LogP contribution in [0.1, 0.15) is 27.7 Å². The normalized spacial score (nSPS) is 12.5. The van der Waals surface area contributed by atoms with Crippen LogP contribution >= 0.6 is 23.1 Å². The molecule has 0 saturated heterocycles. The number of hydrogen-bond acceptors (Lipinski definition) is 5. The lowest BCUT2D eigenvalue weighted by Crippen LogP contribution is -2.15. The number of rotatable bonds is 4. The number of thiophene rings is 1. The Morgan fingerprint density at radius 2 is 2.00 bits per heavy atom. The molecule has 0 bridgehead atoms. The quantitative estimate of drug-likeness (QED) is 0.373. The third-order valence-corrected chi connectivity index (χ3v) is 6.00. The molecular formula is C17H14F2N2OS2. The van der Waals surface area contributed by atoms with Crippen LogP contribution in [0.15, 0.2) is 29.6 Å². The van der Waals surface area contributed by atoms with Crippen LogP contribution in [0, 0.1) is 25.5 Å². The van der Waals surface area contributed by atoms with Gasteiger partial charge in [-0.1, -0.05) is 11.8 Å². The predicted octanol–water partition coefficient (Wildman–Crippen LogP) is 4.95. The molecule has 0 N–H and O–H groups in total. The smallest absolute Gasteiger partial charge is 0.178 e. The maximum absolute atomic E-state index is 13.8. The fourth-order valence-electron chi connectivity index (χ4n) is 2.37. The van der Waals surface area contributed by atoms with E-state index in [9.17, 15) is 13.6 Å². The van der Waals surface area contributed by atoms with E-state index in [0.29, 0.717) is 5.03 Å². The van der Waals surface area contributed by atoms with Gasteiger partial charge in [0.2, 0.25) is 0 Å². The van der Waals surface area contributed by atoms with Crippen molar-refractivity contribution in [2.45, 2.75) is 31.0 Å². The Balaban J connectivity index is 1.92. The number of halogens is 2. The zero-order valence-electron chi connectivity index (χ0n) is 13.3. The molecule has 0 spiro atoms. The Kier molecular flexibility index (Phi) is 4.64. The molecular weight excluding hydrogens is 350 g/mol. The van der Waals surface area contributed by atoms with E-state index in [1.165, 1.54) is 24.2 Å². The van der Waals surface area contributed by atoms with Gasteiger partial charge in [-0.05, 0) is 38.5 Å². The van der Waals surface area contributed by atoms with Crippen molar-refractivity contribution in [3.8, 4) is 0 Å². The molecule has 3 rings (SSSR count). The van der Waals surface area contributed by atoms with Gasteiger partial charge in [0.1, 0.15) is 27.8 Å². The molecule has 124 valence electrons. The van der Waals surface area contributed by atoms with E-state index in [2.05, 4.69) is 9.97 Å². The van der Waals surface area contributed by atoms with Gasteiger partial charge in [-0.25, -0.2) is 18.7 Å². The minimum Gasteiger partial charge on any atom is -0.293 e. The summed E-state index contributed by atoms with van der Waals surface area (Å²) < 4.78 is 26.8. The number of thioether (sulfide) groups is 1. The molecule has 0 aliphatic heterocycles. The van der Waals surface area contributed by atoms with E-state index in [1.807, 2.05) is 13.8 Å². The first-order chi connectivity index (χ1) is 11.4. The van der Waals surface area contributed by atoms with Crippen molar-refractivity contribution in [2.24, 2.45) is 0 Å². The third-order valence-electron chi connectivity index (χ3n) is 3.78. The van der Waals surface area contributed by atoms with E-state index in [-0.39, 0.29) is 5.56 Å². The van der Waals surface area contributed by atoms with Crippen molar-refractivity contribution in [1.29, 1.82) is 0 Å². The Morgan fingerprint density at radius 3 is 2.71 bits per heavy atom. The first-order valence-electron chi connectivity index (χ1n) is 7.25. The maximum atomic E-state index is 13.8. The van der Waals surface area contributed by atoms with Gasteiger partial charge in [0.15, 0.2) is 5.78 Å². The first-order valence-corrected chi connectivity index (χ1v) is 8.94. The van der Waals surface area contributed by atoms with Crippen molar-refractivity contribution in [2.75, 3.05) is 0 Å². The molecule has 1 atom stereocenters. The van der Waals surface area contributed by atoms with Crippen LogP contribution < -0.4 is 0 Å². The zero-order valence-corrected chi connectivity index (χ0v) is 14.9. The molecule has 0 aliphatic carbocycles. The van der Waals surface area contributed by atoms with Crippen LogP contribution in [0.25, 0.3) is 10.2 Å². The van der Waals surface area contributed by atoms with Gasteiger partial charge in [-0.15, -0.1) is 11.3 Å². The number of benzene rings is 1. The van der Waals surface area contributed by atoms with Crippen LogP contribution in [-0.2, 0) is 0 Å². The highest BCUT2D eigenvalue weighted by Crippen LogP contribution is 2.36. The van der Waals surface area contributed by atoms with Crippen LogP contribution in [0.4, 0.5) is 8.78 Å². The highest BCUT2D eigenvalue weighted by molar-refractivity contribution is 8.00. The molecule has 0 fully saturated rings. The number of fused-ring (bicyclic) bond motifs is 1. The van der Waals surface area contributed by atoms with Crippen molar-refractivity contribution >= 4 is 39.1 Å². The number of carbonyl (C=O) groups is 1. The number of nitrogens with zero attached hydrogens (tertiary/aromatic N) is 2. The number of hydrogen-bond donors (Lipinski definition) is 0. The molecule has 1 aromatic carbocycles. The summed E-state index contributed by atoms with van der Waals surface area (Å²) in [4.78, 5) is 23.1. The van der Waals surface area contributed by atoms with E-state index in [4.69, 9.17) is 0 Å². The molecule has 0 amide bonds. The van der Waals surface area contributed by atoms with Crippen LogP contribution in [0.3, 0.4) is 0 Å². The second-order valence-electron chi connectivity index (χ2n) is 5.39. The summed E-state index contributed by atoms with van der Waals surface area (Å²) in [5.41, 5.74) is 0.977. The van der Waals surface area contributed by atoms with Crippen molar-refractivity contribution in [3.63, 3.8) is 0 Å². The maximum Gasteiger partial charge on any atom is 0.178 e. The average Bonchev–Trinajstić information content (AvgIpc) is 2.82. The summed E-state index contributed by atoms with van der Waals surface area (Å²) in [6.07, 6.45) is 1.47. The van der Waals surface area contributed by atoms with Gasteiger partial charge in [0.05, 0.1) is 10.8 Å². The number of ketones is 1. The van der Waals surface area contributed by atoms with Gasteiger partial charge in [0.25, 0.3) is 0 Å². The molecule has 0 radical (unpaired) electrons. The number of aromatic nitrogens is 2. The van der Waals surface area contributed by atoms with Crippen LogP contribution in [-0.4, -0.2) is 21.0 Å². The molecule has 0 aliphatic rings. The van der Waals surface area contributed by atoms with Gasteiger partial charge in [-0.3, -0.25) is 4.79 Å². The number of aryl methyl sites for hydroxylation is 2. The minimum absolute atomic E-state index is 0.111. The second-order valence-corrected chi connectivity index (χ2v) is 7.92. The lowest BCUT2D eigenvalue weighted by Gasteiger charge is -2.11. The minimum atomic E-state index is -0.845.